The maximum Gasteiger partial charge on any atom is 0.246 e. The average molecular weight is 532 g/mol. The van der Waals surface area contributed by atoms with Crippen LogP contribution in [0.25, 0.3) is 10.9 Å². The standard InChI is InChI=1S/C30H33N3O6/c1-3-31-23(36)15-38-14-18(34)11-17-5-4-6-19-20-13-30(37)22-12-16-7-8-21(35)27-24(16)29(30,9-10-33(22)2)28(39-27)26(20)32-25(17)19/h4-8,22,28,32,35,37H,3,9-15H2,1-2H3,(H,31,36)/t22?,28-,29-,30?/m0/s1. The molecule has 1 aromatic heterocycles. The van der Waals surface area contributed by atoms with Gasteiger partial charge in [0.2, 0.25) is 5.91 Å². The van der Waals surface area contributed by atoms with Crippen LogP contribution in [0.4, 0.5) is 0 Å². The number of likely N-dealkylation sites (tertiary alicyclic amines) is 1. The number of aromatic hydroxyl groups is 1. The van der Waals surface area contributed by atoms with Crippen LogP contribution in [0.2, 0.25) is 0 Å². The predicted octanol–water partition coefficient (Wildman–Crippen LogP) is 2.06. The van der Waals surface area contributed by atoms with Crippen molar-refractivity contribution < 1.29 is 29.3 Å². The minimum atomic E-state index is -1.07. The Hall–Kier alpha value is -3.40. The number of Topliss-reactive ketones (excluding diaryl/α,β-unsaturated/α-hetero) is 1. The van der Waals surface area contributed by atoms with Crippen LogP contribution in [0, 0.1) is 0 Å². The quantitative estimate of drug-likeness (QED) is 0.368. The first kappa shape index (κ1) is 24.6. The van der Waals surface area contributed by atoms with Gasteiger partial charge < -0.3 is 34.9 Å². The lowest BCUT2D eigenvalue weighted by molar-refractivity contribution is -0.167. The third kappa shape index (κ3) is 3.24. The first-order valence-corrected chi connectivity index (χ1v) is 13.7. The van der Waals surface area contributed by atoms with E-state index in [0.29, 0.717) is 31.6 Å². The molecule has 2 aromatic carbocycles. The molecule has 4 aliphatic rings. The molecular formula is C30H33N3O6. The lowest BCUT2D eigenvalue weighted by atomic mass is 9.49. The van der Waals surface area contributed by atoms with Crippen LogP contribution in [0.5, 0.6) is 11.5 Å². The molecule has 1 spiro atoms. The van der Waals surface area contributed by atoms with Crippen molar-refractivity contribution in [2.24, 2.45) is 0 Å². The molecule has 2 unspecified atom stereocenters. The topological polar surface area (TPSA) is 124 Å². The number of para-hydroxylation sites is 1. The van der Waals surface area contributed by atoms with E-state index < -0.39 is 17.1 Å². The summed E-state index contributed by atoms with van der Waals surface area (Å²) in [6.45, 7) is 2.88. The number of ether oxygens (including phenoxy) is 2. The van der Waals surface area contributed by atoms with E-state index in [0.717, 1.165) is 45.4 Å². The first-order chi connectivity index (χ1) is 18.8. The number of fused-ring (bicyclic) bond motifs is 4. The van der Waals surface area contributed by atoms with Crippen LogP contribution in [-0.2, 0) is 39.0 Å². The summed E-state index contributed by atoms with van der Waals surface area (Å²) in [6, 6.07) is 9.49. The van der Waals surface area contributed by atoms with E-state index in [1.807, 2.05) is 31.2 Å². The molecule has 4 atom stereocenters. The van der Waals surface area contributed by atoms with E-state index >= 15 is 0 Å². The summed E-state index contributed by atoms with van der Waals surface area (Å²) in [5.41, 5.74) is 3.96. The monoisotopic (exact) mass is 531 g/mol. The van der Waals surface area contributed by atoms with E-state index in [1.165, 1.54) is 0 Å². The molecule has 2 bridgehead atoms. The fraction of sp³-hybridized carbons (Fsp3) is 0.467. The van der Waals surface area contributed by atoms with Crippen LogP contribution >= 0.6 is 0 Å². The fourth-order valence-electron chi connectivity index (χ4n) is 7.90. The Morgan fingerprint density at radius 1 is 1.26 bits per heavy atom. The first-order valence-electron chi connectivity index (χ1n) is 13.7. The van der Waals surface area contributed by atoms with Crippen molar-refractivity contribution in [3.05, 3.63) is 58.3 Å². The molecule has 4 N–H and O–H groups in total. The number of carbonyl (C=O) groups is 2. The van der Waals surface area contributed by atoms with Gasteiger partial charge in [-0.15, -0.1) is 0 Å². The third-order valence-electron chi connectivity index (χ3n) is 9.51. The number of rotatable bonds is 7. The predicted molar refractivity (Wildman–Crippen MR) is 143 cm³/mol. The molecule has 3 aromatic rings. The zero-order valence-corrected chi connectivity index (χ0v) is 22.2. The Labute approximate surface area is 226 Å². The SMILES string of the molecule is CCNC(=O)COCC(=O)Cc1cccc2c3c([nH]c12)[C@@H]1Oc2c(O)ccc4c2[C@@]12CCN(C)C(C4)C2(O)C3. The number of aromatic nitrogens is 1. The highest BCUT2D eigenvalue weighted by molar-refractivity contribution is 5.93. The van der Waals surface area contributed by atoms with E-state index in [2.05, 4.69) is 22.2 Å². The lowest BCUT2D eigenvalue weighted by Crippen LogP contribution is -2.73. The number of hydrogen-bond acceptors (Lipinski definition) is 7. The molecular weight excluding hydrogens is 498 g/mol. The van der Waals surface area contributed by atoms with Crippen molar-refractivity contribution >= 4 is 22.6 Å². The Bertz CT molecular complexity index is 1530. The zero-order chi connectivity index (χ0) is 27.1. The van der Waals surface area contributed by atoms with Crippen molar-refractivity contribution in [2.75, 3.05) is 33.4 Å². The van der Waals surface area contributed by atoms with Gasteiger partial charge in [-0.25, -0.2) is 0 Å². The minimum Gasteiger partial charge on any atom is -0.504 e. The fourth-order valence-corrected chi connectivity index (χ4v) is 7.90. The van der Waals surface area contributed by atoms with Crippen LogP contribution in [0.3, 0.4) is 0 Å². The van der Waals surface area contributed by atoms with Crippen molar-refractivity contribution in [1.29, 1.82) is 0 Å². The van der Waals surface area contributed by atoms with Crippen LogP contribution < -0.4 is 10.1 Å². The average Bonchev–Trinajstić information content (AvgIpc) is 3.44. The molecule has 7 rings (SSSR count). The van der Waals surface area contributed by atoms with E-state index in [1.54, 1.807) is 6.07 Å². The second-order valence-electron chi connectivity index (χ2n) is 11.5. The number of benzene rings is 2. The number of amides is 1. The Morgan fingerprint density at radius 2 is 2.10 bits per heavy atom. The highest BCUT2D eigenvalue weighted by atomic mass is 16.5. The largest absolute Gasteiger partial charge is 0.504 e. The maximum absolute atomic E-state index is 12.8. The number of carbonyl (C=O) groups excluding carboxylic acids is 2. The van der Waals surface area contributed by atoms with E-state index in [9.17, 15) is 19.8 Å². The molecule has 3 heterocycles. The highest BCUT2D eigenvalue weighted by Crippen LogP contribution is 2.68. The van der Waals surface area contributed by atoms with Gasteiger partial charge in [-0.1, -0.05) is 24.3 Å². The summed E-state index contributed by atoms with van der Waals surface area (Å²) >= 11 is 0. The summed E-state index contributed by atoms with van der Waals surface area (Å²) < 4.78 is 11.9. The summed E-state index contributed by atoms with van der Waals surface area (Å²) in [5.74, 6) is 0.228. The van der Waals surface area contributed by atoms with Crippen molar-refractivity contribution in [1.82, 2.24) is 15.2 Å². The molecule has 39 heavy (non-hydrogen) atoms. The van der Waals surface area contributed by atoms with Crippen molar-refractivity contribution in [3.8, 4) is 11.5 Å². The van der Waals surface area contributed by atoms with E-state index in [4.69, 9.17) is 9.47 Å². The second-order valence-corrected chi connectivity index (χ2v) is 11.5. The molecule has 9 nitrogen and oxygen atoms in total. The number of phenols is 1. The molecule has 0 saturated carbocycles. The van der Waals surface area contributed by atoms with Gasteiger partial charge in [0.05, 0.1) is 16.7 Å². The number of likely N-dealkylation sites (N-methyl/N-ethyl adjacent to an activating group) is 2. The summed E-state index contributed by atoms with van der Waals surface area (Å²) in [4.78, 5) is 30.3. The van der Waals surface area contributed by atoms with Crippen molar-refractivity contribution in [2.45, 2.75) is 55.8 Å². The smallest absolute Gasteiger partial charge is 0.246 e. The molecule has 204 valence electrons. The van der Waals surface area contributed by atoms with Gasteiger partial charge in [-0.05, 0) is 56.1 Å². The van der Waals surface area contributed by atoms with E-state index in [-0.39, 0.29) is 43.1 Å². The molecule has 2 aliphatic heterocycles. The Balaban J connectivity index is 1.29. The summed E-state index contributed by atoms with van der Waals surface area (Å²) in [7, 11) is 2.08. The second kappa shape index (κ2) is 8.55. The number of aromatic amines is 1. The van der Waals surface area contributed by atoms with Crippen molar-refractivity contribution in [3.63, 3.8) is 0 Å². The number of nitrogens with zero attached hydrogens (tertiary/aromatic N) is 1. The molecule has 1 saturated heterocycles. The van der Waals surface area contributed by atoms with Gasteiger partial charge in [0.15, 0.2) is 23.4 Å². The van der Waals surface area contributed by atoms with Gasteiger partial charge >= 0.3 is 0 Å². The molecule has 0 radical (unpaired) electrons. The van der Waals surface area contributed by atoms with Gasteiger partial charge in [-0.2, -0.15) is 0 Å². The number of H-pyrrole nitrogens is 1. The van der Waals surface area contributed by atoms with Crippen LogP contribution in [-0.4, -0.2) is 76.8 Å². The number of aliphatic hydroxyl groups is 1. The number of hydrogen-bond donors (Lipinski definition) is 4. The number of ketones is 1. The van der Waals surface area contributed by atoms with Gasteiger partial charge in [0.25, 0.3) is 0 Å². The number of phenolic OH excluding ortho intramolecular Hbond substituents is 1. The molecule has 9 heteroatoms. The zero-order valence-electron chi connectivity index (χ0n) is 22.2. The summed E-state index contributed by atoms with van der Waals surface area (Å²) in [5, 5.41) is 27.1. The van der Waals surface area contributed by atoms with Crippen LogP contribution in [0.15, 0.2) is 30.3 Å². The van der Waals surface area contributed by atoms with Gasteiger partial charge in [-0.3, -0.25) is 9.59 Å². The maximum atomic E-state index is 12.8. The molecule has 1 fully saturated rings. The minimum absolute atomic E-state index is 0.0785. The lowest BCUT2D eigenvalue weighted by Gasteiger charge is -2.62. The number of piperidine rings is 1. The molecule has 2 aliphatic carbocycles. The highest BCUT2D eigenvalue weighted by Gasteiger charge is 2.72. The summed E-state index contributed by atoms with van der Waals surface area (Å²) in [6.07, 6.45) is 1.55. The normalized spacial score (nSPS) is 28.1. The Morgan fingerprint density at radius 3 is 2.92 bits per heavy atom. The third-order valence-corrected chi connectivity index (χ3v) is 9.51. The van der Waals surface area contributed by atoms with Gasteiger partial charge in [0.1, 0.15) is 13.2 Å². The van der Waals surface area contributed by atoms with Gasteiger partial charge in [0, 0.05) is 41.9 Å². The molecule has 1 amide bonds. The van der Waals surface area contributed by atoms with Crippen LogP contribution in [0.1, 0.15) is 47.4 Å². The number of nitrogens with one attached hydrogen (secondary N) is 2. The Kier molecular flexibility index (Phi) is 5.40.